The predicted molar refractivity (Wildman–Crippen MR) is 70.6 cm³/mol. The Labute approximate surface area is 106 Å². The van der Waals surface area contributed by atoms with Crippen LogP contribution < -0.4 is 5.32 Å². The highest BCUT2D eigenvalue weighted by atomic mass is 32.2. The Morgan fingerprint density at radius 1 is 1.41 bits per heavy atom. The molecule has 0 aliphatic heterocycles. The summed E-state index contributed by atoms with van der Waals surface area (Å²) in [6.45, 7) is 7.58. The van der Waals surface area contributed by atoms with Crippen LogP contribution in [0.2, 0.25) is 0 Å². The molecule has 0 aromatic rings. The average molecular weight is 266 g/mol. The van der Waals surface area contributed by atoms with E-state index in [1.807, 2.05) is 6.92 Å². The summed E-state index contributed by atoms with van der Waals surface area (Å²) in [5, 5.41) is 3.30. The molecule has 0 aliphatic carbocycles. The Kier molecular flexibility index (Phi) is 8.77. The van der Waals surface area contributed by atoms with Gasteiger partial charge in [0.15, 0.2) is 0 Å². The fraction of sp³-hybridized carbons (Fsp3) is 1.00. The van der Waals surface area contributed by atoms with Crippen molar-refractivity contribution >= 4 is 10.0 Å². The summed E-state index contributed by atoms with van der Waals surface area (Å²) in [7, 11) is -1.35. The van der Waals surface area contributed by atoms with Crippen molar-refractivity contribution in [2.24, 2.45) is 5.92 Å². The van der Waals surface area contributed by atoms with Crippen LogP contribution in [0.3, 0.4) is 0 Å². The smallest absolute Gasteiger partial charge is 0.211 e. The van der Waals surface area contributed by atoms with Crippen LogP contribution in [-0.2, 0) is 14.8 Å². The zero-order valence-electron chi connectivity index (χ0n) is 11.4. The monoisotopic (exact) mass is 266 g/mol. The molecule has 0 aliphatic rings. The van der Waals surface area contributed by atoms with Crippen LogP contribution in [0.4, 0.5) is 0 Å². The maximum Gasteiger partial charge on any atom is 0.211 e. The predicted octanol–water partition coefficient (Wildman–Crippen LogP) is 0.530. The Bertz CT molecular complexity index is 280. The molecule has 0 rings (SSSR count). The largest absolute Gasteiger partial charge is 0.384 e. The average Bonchev–Trinajstić information content (AvgIpc) is 2.21. The van der Waals surface area contributed by atoms with Crippen molar-refractivity contribution in [1.29, 1.82) is 0 Å². The molecule has 0 saturated carbocycles. The van der Waals surface area contributed by atoms with Crippen LogP contribution in [0.1, 0.15) is 20.3 Å². The van der Waals surface area contributed by atoms with Gasteiger partial charge in [-0.1, -0.05) is 13.8 Å². The van der Waals surface area contributed by atoms with Crippen LogP contribution in [-0.4, -0.2) is 58.9 Å². The topological polar surface area (TPSA) is 58.6 Å². The molecule has 0 amide bonds. The van der Waals surface area contributed by atoms with E-state index in [-0.39, 0.29) is 0 Å². The van der Waals surface area contributed by atoms with Crippen LogP contribution in [0.5, 0.6) is 0 Å². The normalized spacial score (nSPS) is 14.2. The summed E-state index contributed by atoms with van der Waals surface area (Å²) in [5.41, 5.74) is 0. The number of ether oxygens (including phenoxy) is 1. The van der Waals surface area contributed by atoms with Gasteiger partial charge in [0.25, 0.3) is 0 Å². The zero-order chi connectivity index (χ0) is 13.3. The maximum atomic E-state index is 11.3. The summed E-state index contributed by atoms with van der Waals surface area (Å²) in [4.78, 5) is 0. The molecule has 0 heterocycles. The van der Waals surface area contributed by atoms with Crippen molar-refractivity contribution in [2.75, 3.05) is 46.2 Å². The first-order valence-electron chi connectivity index (χ1n) is 6.06. The molecule has 0 bridgehead atoms. The molecule has 1 atom stereocenters. The van der Waals surface area contributed by atoms with E-state index in [1.165, 1.54) is 10.6 Å². The minimum atomic E-state index is -3.04. The van der Waals surface area contributed by atoms with Gasteiger partial charge in [0, 0.05) is 26.8 Å². The third kappa shape index (κ3) is 8.54. The van der Waals surface area contributed by atoms with Crippen LogP contribution in [0.25, 0.3) is 0 Å². The van der Waals surface area contributed by atoms with Crippen molar-refractivity contribution < 1.29 is 13.2 Å². The molecule has 104 valence electrons. The fourth-order valence-corrected chi connectivity index (χ4v) is 2.56. The quantitative estimate of drug-likeness (QED) is 0.586. The number of hydrogen-bond acceptors (Lipinski definition) is 4. The van der Waals surface area contributed by atoms with Gasteiger partial charge >= 0.3 is 0 Å². The van der Waals surface area contributed by atoms with Crippen LogP contribution >= 0.6 is 0 Å². The van der Waals surface area contributed by atoms with Crippen molar-refractivity contribution in [1.82, 2.24) is 9.62 Å². The summed E-state index contributed by atoms with van der Waals surface area (Å²) in [6.07, 6.45) is 2.09. The number of methoxy groups -OCH3 is 1. The summed E-state index contributed by atoms with van der Waals surface area (Å²) in [6, 6.07) is 0. The van der Waals surface area contributed by atoms with Gasteiger partial charge in [0.2, 0.25) is 10.0 Å². The highest BCUT2D eigenvalue weighted by molar-refractivity contribution is 7.88. The molecule has 6 heteroatoms. The van der Waals surface area contributed by atoms with Gasteiger partial charge in [-0.05, 0) is 25.4 Å². The standard InChI is InChI=1S/C11H26N2O3S/c1-5-13(17(4,14)15)8-6-7-12-9-11(2)10-16-3/h11-12H,5-10H2,1-4H3. The van der Waals surface area contributed by atoms with Crippen molar-refractivity contribution in [3.05, 3.63) is 0 Å². The molecule has 1 N–H and O–H groups in total. The van der Waals surface area contributed by atoms with E-state index in [4.69, 9.17) is 4.74 Å². The molecule has 0 saturated heterocycles. The Balaban J connectivity index is 3.63. The molecule has 0 aromatic carbocycles. The molecule has 0 spiro atoms. The van der Waals surface area contributed by atoms with E-state index in [0.29, 0.717) is 19.0 Å². The number of hydrogen-bond donors (Lipinski definition) is 1. The molecular formula is C11H26N2O3S. The maximum absolute atomic E-state index is 11.3. The molecule has 5 nitrogen and oxygen atoms in total. The summed E-state index contributed by atoms with van der Waals surface area (Å²) < 4.78 is 29.1. The number of sulfonamides is 1. The van der Waals surface area contributed by atoms with Gasteiger partial charge in [-0.2, -0.15) is 0 Å². The SMILES string of the molecule is CCN(CCCNCC(C)COC)S(C)(=O)=O. The molecule has 17 heavy (non-hydrogen) atoms. The highest BCUT2D eigenvalue weighted by Gasteiger charge is 2.12. The molecule has 0 aromatic heterocycles. The van der Waals surface area contributed by atoms with Crippen LogP contribution in [0, 0.1) is 5.92 Å². The first-order chi connectivity index (χ1) is 7.91. The van der Waals surface area contributed by atoms with E-state index in [0.717, 1.165) is 26.1 Å². The lowest BCUT2D eigenvalue weighted by Gasteiger charge is -2.18. The Morgan fingerprint density at radius 2 is 2.06 bits per heavy atom. The minimum Gasteiger partial charge on any atom is -0.384 e. The Morgan fingerprint density at radius 3 is 2.53 bits per heavy atom. The third-order valence-corrected chi connectivity index (χ3v) is 3.91. The summed E-state index contributed by atoms with van der Waals surface area (Å²) in [5.74, 6) is 0.484. The van der Waals surface area contributed by atoms with E-state index in [2.05, 4.69) is 12.2 Å². The van der Waals surface area contributed by atoms with E-state index in [9.17, 15) is 8.42 Å². The second kappa shape index (κ2) is 8.85. The lowest BCUT2D eigenvalue weighted by Crippen LogP contribution is -2.33. The minimum absolute atomic E-state index is 0.484. The first-order valence-corrected chi connectivity index (χ1v) is 7.91. The third-order valence-electron chi connectivity index (χ3n) is 2.53. The molecule has 0 radical (unpaired) electrons. The molecule has 0 fully saturated rings. The van der Waals surface area contributed by atoms with Gasteiger partial charge in [-0.15, -0.1) is 0 Å². The second-order valence-corrected chi connectivity index (χ2v) is 6.36. The highest BCUT2D eigenvalue weighted by Crippen LogP contribution is 1.98. The van der Waals surface area contributed by atoms with Gasteiger partial charge in [0.05, 0.1) is 6.26 Å². The fourth-order valence-electron chi connectivity index (χ4n) is 1.63. The van der Waals surface area contributed by atoms with Crippen LogP contribution in [0.15, 0.2) is 0 Å². The van der Waals surface area contributed by atoms with Gasteiger partial charge < -0.3 is 10.1 Å². The molecular weight excluding hydrogens is 240 g/mol. The van der Waals surface area contributed by atoms with Crippen molar-refractivity contribution in [3.8, 4) is 0 Å². The summed E-state index contributed by atoms with van der Waals surface area (Å²) >= 11 is 0. The second-order valence-electron chi connectivity index (χ2n) is 4.37. The van der Waals surface area contributed by atoms with E-state index < -0.39 is 10.0 Å². The van der Waals surface area contributed by atoms with E-state index >= 15 is 0 Å². The number of rotatable bonds is 10. The van der Waals surface area contributed by atoms with Crippen molar-refractivity contribution in [3.63, 3.8) is 0 Å². The lowest BCUT2D eigenvalue weighted by atomic mass is 10.2. The van der Waals surface area contributed by atoms with Gasteiger partial charge in [-0.3, -0.25) is 0 Å². The van der Waals surface area contributed by atoms with E-state index in [1.54, 1.807) is 7.11 Å². The lowest BCUT2D eigenvalue weighted by molar-refractivity contribution is 0.158. The zero-order valence-corrected chi connectivity index (χ0v) is 12.2. The number of nitrogens with zero attached hydrogens (tertiary/aromatic N) is 1. The Hall–Kier alpha value is -0.170. The van der Waals surface area contributed by atoms with Gasteiger partial charge in [0.1, 0.15) is 0 Å². The first kappa shape index (κ1) is 16.8. The van der Waals surface area contributed by atoms with Gasteiger partial charge in [-0.25, -0.2) is 12.7 Å². The molecule has 1 unspecified atom stereocenters. The number of nitrogens with one attached hydrogen (secondary N) is 1. The van der Waals surface area contributed by atoms with Crippen molar-refractivity contribution in [2.45, 2.75) is 20.3 Å².